The molecule has 0 atom stereocenters. The molecule has 0 saturated heterocycles. The van der Waals surface area contributed by atoms with Gasteiger partial charge in [0.25, 0.3) is 0 Å². The van der Waals surface area contributed by atoms with Gasteiger partial charge in [-0.15, -0.1) is 0 Å². The number of alkyl halides is 1. The molecule has 0 aliphatic heterocycles. The average molecular weight is 358 g/mol. The molecule has 0 amide bonds. The van der Waals surface area contributed by atoms with Crippen molar-refractivity contribution < 1.29 is 9.13 Å². The molecule has 4 heteroatoms. The minimum absolute atomic E-state index is 0.193. The van der Waals surface area contributed by atoms with Crippen LogP contribution in [0.2, 0.25) is 5.02 Å². The van der Waals surface area contributed by atoms with Crippen molar-refractivity contribution in [2.75, 3.05) is 0 Å². The highest BCUT2D eigenvalue weighted by Crippen LogP contribution is 2.27. The lowest BCUT2D eigenvalue weighted by Gasteiger charge is -2.14. The second-order valence-electron chi connectivity index (χ2n) is 4.72. The minimum Gasteiger partial charge on any atom is -0.488 e. The van der Waals surface area contributed by atoms with Crippen molar-refractivity contribution in [2.45, 2.75) is 25.8 Å². The van der Waals surface area contributed by atoms with Crippen LogP contribution >= 0.6 is 27.5 Å². The van der Waals surface area contributed by atoms with Crippen LogP contribution in [0.25, 0.3) is 0 Å². The summed E-state index contributed by atoms with van der Waals surface area (Å²) >= 11 is 9.17. The van der Waals surface area contributed by atoms with E-state index in [4.69, 9.17) is 16.3 Å². The van der Waals surface area contributed by atoms with Crippen molar-refractivity contribution in [3.8, 4) is 5.75 Å². The Morgan fingerprint density at radius 2 is 1.80 bits per heavy atom. The summed E-state index contributed by atoms with van der Waals surface area (Å²) in [5, 5.41) is 1.20. The summed E-state index contributed by atoms with van der Waals surface area (Å²) in [6.45, 7) is 4.18. The van der Waals surface area contributed by atoms with Gasteiger partial charge in [0, 0.05) is 15.9 Å². The number of halogens is 3. The lowest BCUT2D eigenvalue weighted by Crippen LogP contribution is -2.01. The summed E-state index contributed by atoms with van der Waals surface area (Å²) in [6.07, 6.45) is 0. The number of benzene rings is 2. The van der Waals surface area contributed by atoms with Gasteiger partial charge < -0.3 is 4.74 Å². The fourth-order valence-corrected chi connectivity index (χ4v) is 2.62. The standard InChI is InChI=1S/C16H15BrClFO/c1-10-5-12(8-17)6-11(2)16(10)20-9-13-3-4-14(18)7-15(13)19/h3-7H,8-9H2,1-2H3. The first-order chi connectivity index (χ1) is 9.51. The highest BCUT2D eigenvalue weighted by Gasteiger charge is 2.09. The Bertz CT molecular complexity index is 605. The van der Waals surface area contributed by atoms with E-state index in [0.29, 0.717) is 10.6 Å². The van der Waals surface area contributed by atoms with Crippen molar-refractivity contribution >= 4 is 27.5 Å². The molecule has 2 rings (SSSR count). The topological polar surface area (TPSA) is 9.23 Å². The van der Waals surface area contributed by atoms with Crippen LogP contribution in [0.15, 0.2) is 30.3 Å². The minimum atomic E-state index is -0.343. The lowest BCUT2D eigenvalue weighted by molar-refractivity contribution is 0.295. The maximum absolute atomic E-state index is 13.7. The van der Waals surface area contributed by atoms with Gasteiger partial charge in [0.2, 0.25) is 0 Å². The third kappa shape index (κ3) is 3.53. The Kier molecular flexibility index (Phi) is 5.06. The molecule has 0 aliphatic carbocycles. The Hall–Kier alpha value is -1.06. The Balaban J connectivity index is 2.19. The monoisotopic (exact) mass is 356 g/mol. The summed E-state index contributed by atoms with van der Waals surface area (Å²) in [6, 6.07) is 8.74. The van der Waals surface area contributed by atoms with Gasteiger partial charge in [-0.05, 0) is 42.7 Å². The molecule has 0 aromatic heterocycles. The molecule has 20 heavy (non-hydrogen) atoms. The van der Waals surface area contributed by atoms with E-state index >= 15 is 0 Å². The first-order valence-corrected chi connectivity index (χ1v) is 7.74. The van der Waals surface area contributed by atoms with Crippen molar-refractivity contribution in [3.05, 3.63) is 63.4 Å². The van der Waals surface area contributed by atoms with Gasteiger partial charge in [0.15, 0.2) is 0 Å². The normalized spacial score (nSPS) is 10.7. The second-order valence-corrected chi connectivity index (χ2v) is 5.71. The van der Waals surface area contributed by atoms with Crippen molar-refractivity contribution in [1.29, 1.82) is 0 Å². The van der Waals surface area contributed by atoms with E-state index in [1.165, 1.54) is 11.6 Å². The second kappa shape index (κ2) is 6.59. The number of aryl methyl sites for hydroxylation is 2. The Morgan fingerprint density at radius 3 is 2.35 bits per heavy atom. The van der Waals surface area contributed by atoms with Crippen LogP contribution in [0.4, 0.5) is 4.39 Å². The quantitative estimate of drug-likeness (QED) is 0.650. The molecule has 0 aliphatic rings. The number of rotatable bonds is 4. The van der Waals surface area contributed by atoms with E-state index in [1.807, 2.05) is 13.8 Å². The molecule has 106 valence electrons. The highest BCUT2D eigenvalue weighted by atomic mass is 79.9. The SMILES string of the molecule is Cc1cc(CBr)cc(C)c1OCc1ccc(Cl)cc1F. The first kappa shape index (κ1) is 15.3. The third-order valence-electron chi connectivity index (χ3n) is 3.06. The van der Waals surface area contributed by atoms with E-state index in [2.05, 4.69) is 28.1 Å². The summed E-state index contributed by atoms with van der Waals surface area (Å²) in [5.41, 5.74) is 3.80. The van der Waals surface area contributed by atoms with Crippen LogP contribution in [0.3, 0.4) is 0 Å². The van der Waals surface area contributed by atoms with Crippen LogP contribution in [0, 0.1) is 19.7 Å². The van der Waals surface area contributed by atoms with E-state index in [9.17, 15) is 4.39 Å². The molecule has 0 unspecified atom stereocenters. The van der Waals surface area contributed by atoms with E-state index in [0.717, 1.165) is 22.2 Å². The van der Waals surface area contributed by atoms with Crippen LogP contribution in [-0.4, -0.2) is 0 Å². The molecule has 0 radical (unpaired) electrons. The fourth-order valence-electron chi connectivity index (χ4n) is 2.13. The third-order valence-corrected chi connectivity index (χ3v) is 3.94. The van der Waals surface area contributed by atoms with Crippen molar-refractivity contribution in [1.82, 2.24) is 0 Å². The zero-order valence-corrected chi connectivity index (χ0v) is 13.7. The predicted octanol–water partition coefficient (Wildman–Crippen LogP) is 5.57. The van der Waals surface area contributed by atoms with Gasteiger partial charge in [-0.1, -0.05) is 45.7 Å². The maximum Gasteiger partial charge on any atom is 0.131 e. The number of ether oxygens (including phenoxy) is 1. The highest BCUT2D eigenvalue weighted by molar-refractivity contribution is 9.08. The molecule has 0 spiro atoms. The first-order valence-electron chi connectivity index (χ1n) is 6.24. The maximum atomic E-state index is 13.7. The van der Waals surface area contributed by atoms with E-state index in [-0.39, 0.29) is 12.4 Å². The van der Waals surface area contributed by atoms with Crippen molar-refractivity contribution in [2.24, 2.45) is 0 Å². The summed E-state index contributed by atoms with van der Waals surface area (Å²) < 4.78 is 19.5. The average Bonchev–Trinajstić information content (AvgIpc) is 2.39. The van der Waals surface area contributed by atoms with Gasteiger partial charge in [0.1, 0.15) is 18.2 Å². The smallest absolute Gasteiger partial charge is 0.131 e. The molecule has 1 nitrogen and oxygen atoms in total. The van der Waals surface area contributed by atoms with Crippen LogP contribution < -0.4 is 4.74 Å². The van der Waals surface area contributed by atoms with Crippen LogP contribution in [0.5, 0.6) is 5.75 Å². The Labute approximate surface area is 131 Å². The van der Waals surface area contributed by atoms with E-state index in [1.54, 1.807) is 12.1 Å². The summed E-state index contributed by atoms with van der Waals surface area (Å²) in [5.74, 6) is 0.467. The zero-order chi connectivity index (χ0) is 14.7. The summed E-state index contributed by atoms with van der Waals surface area (Å²) in [4.78, 5) is 0. The lowest BCUT2D eigenvalue weighted by atomic mass is 10.1. The van der Waals surface area contributed by atoms with E-state index < -0.39 is 0 Å². The molecule has 2 aromatic rings. The Morgan fingerprint density at radius 1 is 1.15 bits per heavy atom. The molecular weight excluding hydrogens is 343 g/mol. The van der Waals surface area contributed by atoms with Crippen LogP contribution in [-0.2, 0) is 11.9 Å². The molecule has 0 saturated carbocycles. The fraction of sp³-hybridized carbons (Fsp3) is 0.250. The molecule has 0 bridgehead atoms. The van der Waals surface area contributed by atoms with Gasteiger partial charge in [-0.2, -0.15) is 0 Å². The molecule has 0 heterocycles. The van der Waals surface area contributed by atoms with Gasteiger partial charge >= 0.3 is 0 Å². The molecular formula is C16H15BrClFO. The molecule has 0 N–H and O–H groups in total. The molecule has 0 fully saturated rings. The largest absolute Gasteiger partial charge is 0.488 e. The number of hydrogen-bond donors (Lipinski definition) is 0. The zero-order valence-electron chi connectivity index (χ0n) is 11.3. The van der Waals surface area contributed by atoms with Crippen LogP contribution in [0.1, 0.15) is 22.3 Å². The van der Waals surface area contributed by atoms with Gasteiger partial charge in [-0.25, -0.2) is 4.39 Å². The number of hydrogen-bond acceptors (Lipinski definition) is 1. The van der Waals surface area contributed by atoms with Gasteiger partial charge in [-0.3, -0.25) is 0 Å². The molecule has 2 aromatic carbocycles. The van der Waals surface area contributed by atoms with Crippen molar-refractivity contribution in [3.63, 3.8) is 0 Å². The van der Waals surface area contributed by atoms with Gasteiger partial charge in [0.05, 0.1) is 0 Å². The summed E-state index contributed by atoms with van der Waals surface area (Å²) in [7, 11) is 0. The predicted molar refractivity (Wildman–Crippen MR) is 84.3 cm³/mol.